The van der Waals surface area contributed by atoms with E-state index in [1.54, 1.807) is 43.3 Å². The average Bonchev–Trinajstić information content (AvgIpc) is 3.02. The predicted molar refractivity (Wildman–Crippen MR) is 176 cm³/mol. The first-order valence-electron chi connectivity index (χ1n) is 15.0. The number of nitrogens with zero attached hydrogens (tertiary/aromatic N) is 2. The van der Waals surface area contributed by atoms with Gasteiger partial charge in [0.1, 0.15) is 18.4 Å². The van der Waals surface area contributed by atoms with Crippen LogP contribution < -0.4 is 9.62 Å². The summed E-state index contributed by atoms with van der Waals surface area (Å²) in [6, 6.07) is 25.9. The molecule has 1 N–H and O–H groups in total. The van der Waals surface area contributed by atoms with Gasteiger partial charge in [0.05, 0.1) is 10.6 Å². The SMILES string of the molecule is CCCNC(=O)[C@H](Cc1ccccc1)N(Cc1ccc(F)cc1)C(=O)CN(c1ccc(C)cc1C)S(=O)(=O)c1ccc(C)cc1. The van der Waals surface area contributed by atoms with Crippen LogP contribution in [0.4, 0.5) is 10.1 Å². The highest BCUT2D eigenvalue weighted by atomic mass is 32.2. The summed E-state index contributed by atoms with van der Waals surface area (Å²) in [7, 11) is -4.20. The van der Waals surface area contributed by atoms with Crippen molar-refractivity contribution in [1.29, 1.82) is 0 Å². The minimum Gasteiger partial charge on any atom is -0.354 e. The Bertz CT molecular complexity index is 1710. The maximum Gasteiger partial charge on any atom is 0.264 e. The van der Waals surface area contributed by atoms with Gasteiger partial charge in [0.15, 0.2) is 0 Å². The summed E-state index contributed by atoms with van der Waals surface area (Å²) in [5, 5.41) is 2.92. The van der Waals surface area contributed by atoms with E-state index in [4.69, 9.17) is 0 Å². The number of nitrogens with one attached hydrogen (secondary N) is 1. The molecule has 4 aromatic rings. The maximum absolute atomic E-state index is 14.5. The molecule has 0 radical (unpaired) electrons. The zero-order valence-corrected chi connectivity index (χ0v) is 27.0. The first kappa shape index (κ1) is 33.4. The van der Waals surface area contributed by atoms with E-state index < -0.39 is 34.3 Å². The second kappa shape index (κ2) is 15.0. The molecule has 0 aliphatic heterocycles. The van der Waals surface area contributed by atoms with E-state index >= 15 is 0 Å². The molecule has 0 saturated heterocycles. The molecule has 0 heterocycles. The molecule has 0 aliphatic carbocycles. The number of carbonyl (C=O) groups is 2. The van der Waals surface area contributed by atoms with Crippen LogP contribution in [0.15, 0.2) is 102 Å². The Hall–Kier alpha value is -4.50. The Morgan fingerprint density at radius 2 is 1.47 bits per heavy atom. The van der Waals surface area contributed by atoms with Gasteiger partial charge in [-0.2, -0.15) is 0 Å². The van der Waals surface area contributed by atoms with Crippen LogP contribution >= 0.6 is 0 Å². The second-order valence-corrected chi connectivity index (χ2v) is 13.1. The fourth-order valence-corrected chi connectivity index (χ4v) is 6.62. The van der Waals surface area contributed by atoms with Gasteiger partial charge >= 0.3 is 0 Å². The molecule has 9 heteroatoms. The quantitative estimate of drug-likeness (QED) is 0.193. The van der Waals surface area contributed by atoms with E-state index in [-0.39, 0.29) is 23.8 Å². The number of halogens is 1. The first-order chi connectivity index (χ1) is 21.5. The summed E-state index contributed by atoms with van der Waals surface area (Å²) in [5.74, 6) is -1.35. The number of aryl methyl sites for hydroxylation is 3. The molecule has 0 fully saturated rings. The maximum atomic E-state index is 14.5. The van der Waals surface area contributed by atoms with Gasteiger partial charge in [0, 0.05) is 19.5 Å². The number of amides is 2. The number of sulfonamides is 1. The van der Waals surface area contributed by atoms with E-state index in [2.05, 4.69) is 5.32 Å². The van der Waals surface area contributed by atoms with E-state index in [9.17, 15) is 22.4 Å². The van der Waals surface area contributed by atoms with Crippen LogP contribution in [0.25, 0.3) is 0 Å². The van der Waals surface area contributed by atoms with Gasteiger partial charge in [-0.15, -0.1) is 0 Å². The molecule has 7 nitrogen and oxygen atoms in total. The topological polar surface area (TPSA) is 86.8 Å². The van der Waals surface area contributed by atoms with E-state index in [1.807, 2.05) is 57.2 Å². The van der Waals surface area contributed by atoms with Crippen molar-refractivity contribution < 1.29 is 22.4 Å². The Kier molecular flexibility index (Phi) is 11.1. The van der Waals surface area contributed by atoms with Crippen LogP contribution in [0.3, 0.4) is 0 Å². The van der Waals surface area contributed by atoms with Gasteiger partial charge in [-0.1, -0.05) is 84.8 Å². The van der Waals surface area contributed by atoms with Gasteiger partial charge in [0.25, 0.3) is 10.0 Å². The average molecular weight is 630 g/mol. The fraction of sp³-hybridized carbons (Fsp3) is 0.278. The number of hydrogen-bond acceptors (Lipinski definition) is 4. The second-order valence-electron chi connectivity index (χ2n) is 11.3. The fourth-order valence-electron chi connectivity index (χ4n) is 5.14. The van der Waals surface area contributed by atoms with E-state index in [0.717, 1.165) is 21.0 Å². The molecule has 0 aliphatic rings. The smallest absolute Gasteiger partial charge is 0.264 e. The monoisotopic (exact) mass is 629 g/mol. The molecule has 2 amide bonds. The lowest BCUT2D eigenvalue weighted by Gasteiger charge is -2.34. The summed E-state index contributed by atoms with van der Waals surface area (Å²) < 4.78 is 43.4. The minimum atomic E-state index is -4.20. The lowest BCUT2D eigenvalue weighted by molar-refractivity contribution is -0.140. The van der Waals surface area contributed by atoms with Crippen molar-refractivity contribution >= 4 is 27.5 Å². The molecule has 0 aromatic heterocycles. The summed E-state index contributed by atoms with van der Waals surface area (Å²) in [4.78, 5) is 29.6. The number of anilines is 1. The Morgan fingerprint density at radius 3 is 2.09 bits per heavy atom. The van der Waals surface area contributed by atoms with Gasteiger partial charge in [-0.25, -0.2) is 12.8 Å². The summed E-state index contributed by atoms with van der Waals surface area (Å²) in [6.07, 6.45) is 0.905. The normalized spacial score (nSPS) is 11.9. The summed E-state index contributed by atoms with van der Waals surface area (Å²) >= 11 is 0. The molecule has 1 atom stereocenters. The lowest BCUT2D eigenvalue weighted by Crippen LogP contribution is -2.53. The molecule has 0 bridgehead atoms. The zero-order chi connectivity index (χ0) is 32.6. The zero-order valence-electron chi connectivity index (χ0n) is 26.2. The lowest BCUT2D eigenvalue weighted by atomic mass is 10.0. The molecule has 0 spiro atoms. The molecular weight excluding hydrogens is 589 g/mol. The molecule has 45 heavy (non-hydrogen) atoms. The van der Waals surface area contributed by atoms with Crippen molar-refractivity contribution in [3.8, 4) is 0 Å². The third-order valence-corrected chi connectivity index (χ3v) is 9.37. The first-order valence-corrected chi connectivity index (χ1v) is 16.5. The third kappa shape index (κ3) is 8.57. The Labute approximate surface area is 265 Å². The van der Waals surface area contributed by atoms with Crippen molar-refractivity contribution in [2.24, 2.45) is 0 Å². The molecular formula is C36H40FN3O4S. The summed E-state index contributed by atoms with van der Waals surface area (Å²) in [5.41, 5.74) is 4.34. The molecule has 236 valence electrons. The van der Waals surface area contributed by atoms with Crippen molar-refractivity contribution in [1.82, 2.24) is 10.2 Å². The number of rotatable bonds is 13. The number of carbonyl (C=O) groups excluding carboxylic acids is 2. The molecule has 4 aromatic carbocycles. The highest BCUT2D eigenvalue weighted by molar-refractivity contribution is 7.92. The van der Waals surface area contributed by atoms with Crippen LogP contribution in [-0.4, -0.2) is 44.3 Å². The standard InChI is InChI=1S/C36H40FN3O4S/c1-5-21-38-36(42)34(23-29-9-7-6-8-10-29)39(24-30-14-16-31(37)17-15-30)35(41)25-40(33-20-13-27(3)22-28(33)4)45(43,44)32-18-11-26(2)12-19-32/h6-20,22,34H,5,21,23-25H2,1-4H3,(H,38,42)/t34-/m0/s1. The van der Waals surface area contributed by atoms with Gasteiger partial charge in [-0.3, -0.25) is 13.9 Å². The molecule has 4 rings (SSSR count). The van der Waals surface area contributed by atoms with E-state index in [1.165, 1.54) is 29.2 Å². The summed E-state index contributed by atoms with van der Waals surface area (Å²) in [6.45, 7) is 7.36. The number of hydrogen-bond donors (Lipinski definition) is 1. The van der Waals surface area contributed by atoms with E-state index in [0.29, 0.717) is 29.8 Å². The molecule has 0 saturated carbocycles. The molecule has 0 unspecified atom stereocenters. The van der Waals surface area contributed by atoms with Gasteiger partial charge in [0.2, 0.25) is 11.8 Å². The predicted octanol–water partition coefficient (Wildman–Crippen LogP) is 6.11. The van der Waals surface area contributed by atoms with Crippen LogP contribution in [0.5, 0.6) is 0 Å². The Morgan fingerprint density at radius 1 is 0.822 bits per heavy atom. The van der Waals surface area contributed by atoms with Crippen molar-refractivity contribution in [3.05, 3.63) is 131 Å². The van der Waals surface area contributed by atoms with Crippen LogP contribution in [0.1, 0.15) is 41.2 Å². The van der Waals surface area contributed by atoms with Crippen LogP contribution in [-0.2, 0) is 32.6 Å². The largest absolute Gasteiger partial charge is 0.354 e. The van der Waals surface area contributed by atoms with Gasteiger partial charge in [-0.05, 0) is 74.2 Å². The highest BCUT2D eigenvalue weighted by Gasteiger charge is 2.35. The van der Waals surface area contributed by atoms with Crippen molar-refractivity contribution in [2.45, 2.75) is 58.0 Å². The Balaban J connectivity index is 1.81. The van der Waals surface area contributed by atoms with Crippen molar-refractivity contribution in [2.75, 3.05) is 17.4 Å². The highest BCUT2D eigenvalue weighted by Crippen LogP contribution is 2.29. The minimum absolute atomic E-state index is 0.0263. The van der Waals surface area contributed by atoms with Crippen LogP contribution in [0.2, 0.25) is 0 Å². The van der Waals surface area contributed by atoms with Crippen LogP contribution in [0, 0.1) is 26.6 Å². The van der Waals surface area contributed by atoms with Crippen molar-refractivity contribution in [3.63, 3.8) is 0 Å². The van der Waals surface area contributed by atoms with Gasteiger partial charge < -0.3 is 10.2 Å². The number of benzene rings is 4. The third-order valence-electron chi connectivity index (χ3n) is 7.60.